The van der Waals surface area contributed by atoms with E-state index >= 15 is 0 Å². The van der Waals surface area contributed by atoms with Crippen LogP contribution >= 0.6 is 0 Å². The highest BCUT2D eigenvalue weighted by Gasteiger charge is 1.99. The zero-order valence-electron chi connectivity index (χ0n) is 5.19. The van der Waals surface area contributed by atoms with Crippen LogP contribution in [0.15, 0.2) is 23.5 Å². The van der Waals surface area contributed by atoms with Crippen molar-refractivity contribution in [2.75, 3.05) is 0 Å². The van der Waals surface area contributed by atoms with Crippen LogP contribution in [-0.4, -0.2) is 14.5 Å². The molecule has 4 nitrogen and oxygen atoms in total. The Labute approximate surface area is 56.8 Å². The van der Waals surface area contributed by atoms with Crippen LogP contribution in [-0.2, 0) is 0 Å². The lowest BCUT2D eigenvalue weighted by molar-refractivity contribution is 0.367. The Bertz CT molecular complexity index is 331. The van der Waals surface area contributed by atoms with E-state index in [1.165, 1.54) is 10.6 Å². The van der Waals surface area contributed by atoms with E-state index in [0.717, 1.165) is 0 Å². The summed E-state index contributed by atoms with van der Waals surface area (Å²) in [6, 6.07) is 0. The van der Waals surface area contributed by atoms with Crippen LogP contribution in [0, 0.1) is 0 Å². The van der Waals surface area contributed by atoms with E-state index in [-0.39, 0.29) is 0 Å². The van der Waals surface area contributed by atoms with Gasteiger partial charge in [0, 0.05) is 0 Å². The standard InChI is InChI=1S/C6H5N3O/c1-2-5-8-6-7-3-4-9(6)10-5/h2-4H,1H2. The predicted molar refractivity (Wildman–Crippen MR) is 35.3 cm³/mol. The van der Waals surface area contributed by atoms with E-state index < -0.39 is 0 Å². The van der Waals surface area contributed by atoms with Crippen molar-refractivity contribution in [3.05, 3.63) is 24.9 Å². The lowest BCUT2D eigenvalue weighted by Gasteiger charge is -1.74. The van der Waals surface area contributed by atoms with Gasteiger partial charge in [0.1, 0.15) is 0 Å². The van der Waals surface area contributed by atoms with E-state index in [4.69, 9.17) is 4.52 Å². The van der Waals surface area contributed by atoms with Crippen molar-refractivity contribution >= 4 is 11.9 Å². The van der Waals surface area contributed by atoms with Crippen LogP contribution in [0.4, 0.5) is 0 Å². The van der Waals surface area contributed by atoms with Crippen LogP contribution in [0.2, 0.25) is 0 Å². The fourth-order valence-corrected chi connectivity index (χ4v) is 0.736. The summed E-state index contributed by atoms with van der Waals surface area (Å²) in [4.78, 5) is 7.86. The van der Waals surface area contributed by atoms with Gasteiger partial charge in [-0.2, -0.15) is 4.98 Å². The third kappa shape index (κ3) is 0.556. The van der Waals surface area contributed by atoms with Crippen LogP contribution in [0.3, 0.4) is 0 Å². The molecule has 4 heteroatoms. The van der Waals surface area contributed by atoms with Crippen molar-refractivity contribution in [1.29, 1.82) is 0 Å². The lowest BCUT2D eigenvalue weighted by Crippen LogP contribution is -1.70. The Morgan fingerprint density at radius 1 is 1.70 bits per heavy atom. The van der Waals surface area contributed by atoms with Gasteiger partial charge in [0.05, 0.1) is 12.4 Å². The molecule has 0 unspecified atom stereocenters. The molecule has 0 amide bonds. The predicted octanol–water partition coefficient (Wildman–Crippen LogP) is 0.965. The first-order valence-electron chi connectivity index (χ1n) is 2.83. The monoisotopic (exact) mass is 135 g/mol. The molecule has 0 N–H and O–H groups in total. The van der Waals surface area contributed by atoms with E-state index in [0.29, 0.717) is 11.7 Å². The average molecular weight is 135 g/mol. The Morgan fingerprint density at radius 2 is 2.60 bits per heavy atom. The molecule has 10 heavy (non-hydrogen) atoms. The van der Waals surface area contributed by atoms with Crippen molar-refractivity contribution in [2.24, 2.45) is 0 Å². The number of imidazole rings is 1. The molecule has 0 saturated heterocycles. The fourth-order valence-electron chi connectivity index (χ4n) is 0.736. The van der Waals surface area contributed by atoms with E-state index in [9.17, 15) is 0 Å². The number of hydrogen-bond donors (Lipinski definition) is 0. The highest BCUT2D eigenvalue weighted by molar-refractivity contribution is 5.38. The Morgan fingerprint density at radius 3 is 3.30 bits per heavy atom. The molecule has 0 aliphatic rings. The molecule has 0 radical (unpaired) electrons. The van der Waals surface area contributed by atoms with Crippen LogP contribution in [0.5, 0.6) is 0 Å². The summed E-state index contributed by atoms with van der Waals surface area (Å²) in [6.45, 7) is 3.51. The van der Waals surface area contributed by atoms with Gasteiger partial charge in [-0.25, -0.2) is 4.98 Å². The summed E-state index contributed by atoms with van der Waals surface area (Å²) in [7, 11) is 0. The van der Waals surface area contributed by atoms with Crippen molar-refractivity contribution in [1.82, 2.24) is 14.5 Å². The maximum absolute atomic E-state index is 5.08. The SMILES string of the molecule is C=Cc1nc2nccn2o1. The molecule has 0 fully saturated rings. The second-order valence-corrected chi connectivity index (χ2v) is 1.80. The number of fused-ring (bicyclic) bond motifs is 1. The van der Waals surface area contributed by atoms with Crippen LogP contribution in [0.1, 0.15) is 5.89 Å². The normalized spacial score (nSPS) is 10.4. The van der Waals surface area contributed by atoms with Gasteiger partial charge in [-0.05, 0) is 6.08 Å². The maximum Gasteiger partial charge on any atom is 0.267 e. The van der Waals surface area contributed by atoms with Crippen LogP contribution in [0.25, 0.3) is 11.9 Å². The average Bonchev–Trinajstić information content (AvgIpc) is 2.42. The summed E-state index contributed by atoms with van der Waals surface area (Å²) >= 11 is 0. The molecule has 0 atom stereocenters. The van der Waals surface area contributed by atoms with E-state index in [2.05, 4.69) is 16.5 Å². The van der Waals surface area contributed by atoms with Gasteiger partial charge in [-0.1, -0.05) is 6.58 Å². The van der Waals surface area contributed by atoms with Gasteiger partial charge >= 0.3 is 0 Å². The fraction of sp³-hybridized carbons (Fsp3) is 0. The Hall–Kier alpha value is -1.58. The van der Waals surface area contributed by atoms with Gasteiger partial charge < -0.3 is 4.52 Å². The molecule has 0 bridgehead atoms. The van der Waals surface area contributed by atoms with Crippen LogP contribution < -0.4 is 0 Å². The summed E-state index contributed by atoms with van der Waals surface area (Å²) in [5, 5.41) is 0. The zero-order chi connectivity index (χ0) is 6.97. The second kappa shape index (κ2) is 1.70. The van der Waals surface area contributed by atoms with Gasteiger partial charge in [-0.15, -0.1) is 4.57 Å². The Kier molecular flexibility index (Phi) is 0.887. The van der Waals surface area contributed by atoms with Gasteiger partial charge in [0.15, 0.2) is 0 Å². The molecule has 2 aromatic rings. The summed E-state index contributed by atoms with van der Waals surface area (Å²) in [5.74, 6) is 1.05. The molecule has 0 aromatic carbocycles. The molecule has 0 saturated carbocycles. The highest BCUT2D eigenvalue weighted by atomic mass is 16.5. The largest absolute Gasteiger partial charge is 0.352 e. The molecule has 2 rings (SSSR count). The maximum atomic E-state index is 5.08. The van der Waals surface area contributed by atoms with Gasteiger partial charge in [0.25, 0.3) is 5.78 Å². The summed E-state index contributed by atoms with van der Waals surface area (Å²) in [5.41, 5.74) is 0. The molecule has 0 spiro atoms. The minimum Gasteiger partial charge on any atom is -0.352 e. The van der Waals surface area contributed by atoms with Gasteiger partial charge in [0.2, 0.25) is 5.89 Å². The van der Waals surface area contributed by atoms with Crippen molar-refractivity contribution < 1.29 is 4.52 Å². The van der Waals surface area contributed by atoms with Crippen molar-refractivity contribution in [3.63, 3.8) is 0 Å². The minimum absolute atomic E-state index is 0.489. The molecule has 0 aliphatic carbocycles. The topological polar surface area (TPSA) is 43.3 Å². The zero-order valence-corrected chi connectivity index (χ0v) is 5.19. The van der Waals surface area contributed by atoms with Crippen molar-refractivity contribution in [3.8, 4) is 0 Å². The first kappa shape index (κ1) is 5.22. The third-order valence-electron chi connectivity index (χ3n) is 1.17. The Balaban J connectivity index is 2.78. The molecular formula is C6H5N3O. The second-order valence-electron chi connectivity index (χ2n) is 1.80. The first-order chi connectivity index (χ1) is 4.90. The number of hydrogen-bond acceptors (Lipinski definition) is 3. The first-order valence-corrected chi connectivity index (χ1v) is 2.83. The van der Waals surface area contributed by atoms with Crippen molar-refractivity contribution in [2.45, 2.75) is 0 Å². The third-order valence-corrected chi connectivity index (χ3v) is 1.17. The van der Waals surface area contributed by atoms with E-state index in [1.807, 2.05) is 0 Å². The molecule has 50 valence electrons. The number of rotatable bonds is 1. The smallest absolute Gasteiger partial charge is 0.267 e. The molecule has 2 aromatic heterocycles. The molecular weight excluding hydrogens is 130 g/mol. The quantitative estimate of drug-likeness (QED) is 0.585. The van der Waals surface area contributed by atoms with E-state index in [1.54, 1.807) is 12.4 Å². The lowest BCUT2D eigenvalue weighted by atomic mass is 10.6. The minimum atomic E-state index is 0.489. The molecule has 2 heterocycles. The number of aromatic nitrogens is 3. The molecule has 0 aliphatic heterocycles. The summed E-state index contributed by atoms with van der Waals surface area (Å²) < 4.78 is 6.57. The van der Waals surface area contributed by atoms with Gasteiger partial charge in [-0.3, -0.25) is 0 Å². The number of nitrogens with zero attached hydrogens (tertiary/aromatic N) is 3. The summed E-state index contributed by atoms with van der Waals surface area (Å²) in [6.07, 6.45) is 4.85. The highest BCUT2D eigenvalue weighted by Crippen LogP contribution is 2.02.